The van der Waals surface area contributed by atoms with Crippen LogP contribution < -0.4 is 0 Å². The zero-order valence-electron chi connectivity index (χ0n) is 27.8. The Hall–Kier alpha value is -2.90. The number of Topliss-reactive ketones (excluding diaryl/α,β-unsaturated/α-hetero) is 1. The molecule has 5 rings (SSSR count). The summed E-state index contributed by atoms with van der Waals surface area (Å²) >= 11 is 0. The summed E-state index contributed by atoms with van der Waals surface area (Å²) in [6.45, 7) is 10.1. The van der Waals surface area contributed by atoms with Gasteiger partial charge in [0.1, 0.15) is 18.5 Å². The molecule has 4 aliphatic rings. The van der Waals surface area contributed by atoms with Crippen molar-refractivity contribution in [1.29, 1.82) is 0 Å². The second-order valence-electron chi connectivity index (χ2n) is 15.0. The van der Waals surface area contributed by atoms with Gasteiger partial charge in [-0.25, -0.2) is 4.79 Å². The Kier molecular flexibility index (Phi) is 10.3. The minimum atomic E-state index is -1.09. The van der Waals surface area contributed by atoms with Crippen molar-refractivity contribution < 1.29 is 38.1 Å². The van der Waals surface area contributed by atoms with E-state index >= 15 is 0 Å². The zero-order chi connectivity index (χ0) is 32.4. The first-order valence-corrected chi connectivity index (χ1v) is 17.2. The molecule has 2 unspecified atom stereocenters. The highest BCUT2D eigenvalue weighted by atomic mass is 16.8. The summed E-state index contributed by atoms with van der Waals surface area (Å²) in [6.07, 6.45) is 7.53. The predicted molar refractivity (Wildman–Crippen MR) is 167 cm³/mol. The lowest BCUT2D eigenvalue weighted by atomic mass is 9.44. The van der Waals surface area contributed by atoms with Crippen LogP contribution in [0.25, 0.3) is 0 Å². The molecule has 1 aromatic carbocycles. The van der Waals surface area contributed by atoms with E-state index in [4.69, 9.17) is 18.9 Å². The molecule has 0 radical (unpaired) electrons. The van der Waals surface area contributed by atoms with Crippen LogP contribution in [0.2, 0.25) is 0 Å². The monoisotopic (exact) mass is 624 g/mol. The number of hydrogen-bond donors (Lipinski definition) is 0. The number of benzene rings is 1. The van der Waals surface area contributed by atoms with Gasteiger partial charge in [0.2, 0.25) is 6.29 Å². The smallest absolute Gasteiger partial charge is 0.461 e. The van der Waals surface area contributed by atoms with Gasteiger partial charge in [-0.3, -0.25) is 14.4 Å². The van der Waals surface area contributed by atoms with Gasteiger partial charge >= 0.3 is 18.1 Å². The predicted octanol–water partition coefficient (Wildman–Crippen LogP) is 7.81. The second-order valence-corrected chi connectivity index (χ2v) is 15.0. The molecule has 0 bridgehead atoms. The maximum absolute atomic E-state index is 12.6. The maximum atomic E-state index is 12.6. The fraction of sp³-hybridized carbons (Fsp3) is 0.730. The number of ether oxygens (including phenoxy) is 4. The summed E-state index contributed by atoms with van der Waals surface area (Å²) in [7, 11) is 0. The van der Waals surface area contributed by atoms with Crippen LogP contribution in [-0.4, -0.2) is 36.3 Å². The molecule has 4 aliphatic carbocycles. The fourth-order valence-corrected chi connectivity index (χ4v) is 9.99. The maximum Gasteiger partial charge on any atom is 0.511 e. The molecule has 4 fully saturated rings. The number of esters is 2. The van der Waals surface area contributed by atoms with Crippen molar-refractivity contribution in [2.45, 2.75) is 124 Å². The Morgan fingerprint density at radius 3 is 2.24 bits per heavy atom. The highest BCUT2D eigenvalue weighted by Crippen LogP contribution is 2.67. The Morgan fingerprint density at radius 1 is 0.822 bits per heavy atom. The Morgan fingerprint density at radius 2 is 1.51 bits per heavy atom. The third kappa shape index (κ3) is 7.41. The van der Waals surface area contributed by atoms with Crippen molar-refractivity contribution in [3.8, 4) is 0 Å². The molecule has 4 saturated carbocycles. The van der Waals surface area contributed by atoms with Gasteiger partial charge in [0, 0.05) is 25.7 Å². The van der Waals surface area contributed by atoms with Crippen LogP contribution in [0.1, 0.15) is 111 Å². The molecule has 0 amide bonds. The highest BCUT2D eigenvalue weighted by molar-refractivity contribution is 5.79. The standard InChI is InChI=1S/C37H52O8/c1-23(19-33(39)42-22-26-9-7-6-8-10-26)20-34(40)43-25(3)44-35(41)45-28-15-17-36(4)27(21-28)11-12-29-31-14-13-30(24(2)38)37(31,5)18-16-32(29)36/h6-10,23,25,27-32H,11-22H2,1-5H3/t23?,25?,27-,28+,29-,30+,31-,32-,36-,37+/m0/s1. The first-order valence-electron chi connectivity index (χ1n) is 17.2. The largest absolute Gasteiger partial charge is 0.511 e. The van der Waals surface area contributed by atoms with Crippen LogP contribution in [0.5, 0.6) is 0 Å². The molecule has 45 heavy (non-hydrogen) atoms. The Labute approximate surface area is 268 Å². The van der Waals surface area contributed by atoms with Crippen LogP contribution in [0.4, 0.5) is 4.79 Å². The summed E-state index contributed by atoms with van der Waals surface area (Å²) in [5.74, 6) is 1.88. The number of fused-ring (bicyclic) bond motifs is 5. The fourth-order valence-electron chi connectivity index (χ4n) is 9.99. The van der Waals surface area contributed by atoms with E-state index in [0.29, 0.717) is 29.5 Å². The van der Waals surface area contributed by atoms with Gasteiger partial charge in [0.05, 0.1) is 0 Å². The van der Waals surface area contributed by atoms with Gasteiger partial charge < -0.3 is 18.9 Å². The van der Waals surface area contributed by atoms with Crippen LogP contribution >= 0.6 is 0 Å². The molecule has 0 aromatic heterocycles. The lowest BCUT2D eigenvalue weighted by molar-refractivity contribution is -0.172. The SMILES string of the molecule is CC(=O)[C@H]1CC[C@H]2[C@@H]3CC[C@H]4C[C@H](OC(=O)OC(C)OC(=O)CC(C)CC(=O)OCc5ccccc5)CC[C@]4(C)[C@H]3CC[C@]12C. The van der Waals surface area contributed by atoms with Gasteiger partial charge in [0.25, 0.3) is 0 Å². The molecule has 248 valence electrons. The zero-order valence-corrected chi connectivity index (χ0v) is 27.8. The van der Waals surface area contributed by atoms with Crippen molar-refractivity contribution in [1.82, 2.24) is 0 Å². The van der Waals surface area contributed by atoms with E-state index < -0.39 is 18.4 Å². The average molecular weight is 625 g/mol. The molecule has 8 nitrogen and oxygen atoms in total. The average Bonchev–Trinajstić information content (AvgIpc) is 3.34. The Bertz CT molecular complexity index is 1230. The van der Waals surface area contributed by atoms with Crippen LogP contribution in [0.3, 0.4) is 0 Å². The number of carbonyl (C=O) groups is 4. The van der Waals surface area contributed by atoms with E-state index in [1.807, 2.05) is 30.3 Å². The van der Waals surface area contributed by atoms with Gasteiger partial charge in [0.15, 0.2) is 0 Å². The van der Waals surface area contributed by atoms with Crippen molar-refractivity contribution in [2.24, 2.45) is 46.3 Å². The molecule has 0 N–H and O–H groups in total. The van der Waals surface area contributed by atoms with E-state index in [9.17, 15) is 19.2 Å². The molecule has 1 aromatic rings. The van der Waals surface area contributed by atoms with E-state index in [0.717, 1.165) is 44.1 Å². The van der Waals surface area contributed by atoms with Crippen molar-refractivity contribution >= 4 is 23.9 Å². The quantitative estimate of drug-likeness (QED) is 0.147. The molecule has 0 heterocycles. The first-order chi connectivity index (χ1) is 21.4. The highest BCUT2D eigenvalue weighted by Gasteiger charge is 2.61. The van der Waals surface area contributed by atoms with Crippen molar-refractivity contribution in [3.05, 3.63) is 35.9 Å². The molecular formula is C37H52O8. The molecule has 0 saturated heterocycles. The summed E-state index contributed by atoms with van der Waals surface area (Å²) in [4.78, 5) is 49.7. The van der Waals surface area contributed by atoms with Gasteiger partial charge in [-0.15, -0.1) is 0 Å². The number of rotatable bonds is 10. The minimum Gasteiger partial charge on any atom is -0.461 e. The number of ketones is 1. The second kappa shape index (κ2) is 13.8. The van der Waals surface area contributed by atoms with Crippen molar-refractivity contribution in [2.75, 3.05) is 0 Å². The van der Waals surface area contributed by atoms with E-state index in [2.05, 4.69) is 13.8 Å². The lowest BCUT2D eigenvalue weighted by Gasteiger charge is -2.61. The summed E-state index contributed by atoms with van der Waals surface area (Å²) < 4.78 is 21.6. The molecule has 10 atom stereocenters. The summed E-state index contributed by atoms with van der Waals surface area (Å²) in [6, 6.07) is 9.41. The molecular weight excluding hydrogens is 572 g/mol. The normalized spacial score (nSPS) is 35.0. The minimum absolute atomic E-state index is 0.00362. The molecule has 0 spiro atoms. The van der Waals surface area contributed by atoms with Crippen LogP contribution in [0.15, 0.2) is 30.3 Å². The van der Waals surface area contributed by atoms with Gasteiger partial charge in [-0.1, -0.05) is 51.1 Å². The van der Waals surface area contributed by atoms with E-state index in [1.54, 1.807) is 13.8 Å². The molecule has 8 heteroatoms. The van der Waals surface area contributed by atoms with E-state index in [1.165, 1.54) is 26.2 Å². The van der Waals surface area contributed by atoms with Crippen molar-refractivity contribution in [3.63, 3.8) is 0 Å². The molecule has 0 aliphatic heterocycles. The van der Waals surface area contributed by atoms with Crippen LogP contribution in [0, 0.1) is 46.3 Å². The van der Waals surface area contributed by atoms with Crippen LogP contribution in [-0.2, 0) is 39.9 Å². The number of hydrogen-bond acceptors (Lipinski definition) is 8. The van der Waals surface area contributed by atoms with Gasteiger partial charge in [-0.2, -0.15) is 0 Å². The summed E-state index contributed by atoms with van der Waals surface area (Å²) in [5, 5.41) is 0. The third-order valence-corrected chi connectivity index (χ3v) is 12.2. The topological polar surface area (TPSA) is 105 Å². The summed E-state index contributed by atoms with van der Waals surface area (Å²) in [5.41, 5.74) is 1.29. The van der Waals surface area contributed by atoms with Gasteiger partial charge in [-0.05, 0) is 111 Å². The lowest BCUT2D eigenvalue weighted by Crippen LogP contribution is -2.54. The Balaban J connectivity index is 1.03. The third-order valence-electron chi connectivity index (χ3n) is 12.2. The number of carbonyl (C=O) groups excluding carboxylic acids is 4. The van der Waals surface area contributed by atoms with E-state index in [-0.39, 0.29) is 54.2 Å². The first kappa shape index (κ1) is 33.5.